The van der Waals surface area contributed by atoms with Crippen LogP contribution in [0.5, 0.6) is 0 Å². The summed E-state index contributed by atoms with van der Waals surface area (Å²) >= 11 is 0. The number of rotatable bonds is 2. The van der Waals surface area contributed by atoms with E-state index in [1.54, 1.807) is 0 Å². The summed E-state index contributed by atoms with van der Waals surface area (Å²) in [5, 5.41) is 0. The molecule has 66 valence electrons. The first-order valence-corrected chi connectivity index (χ1v) is 4.91. The molecule has 12 heavy (non-hydrogen) atoms. The van der Waals surface area contributed by atoms with Gasteiger partial charge in [-0.05, 0) is 25.7 Å². The van der Waals surface area contributed by atoms with Gasteiger partial charge in [-0.1, -0.05) is 12.2 Å². The normalized spacial score (nSPS) is 49.7. The molecule has 3 aliphatic rings. The molecule has 0 aromatic rings. The van der Waals surface area contributed by atoms with Crippen LogP contribution in [0.4, 0.5) is 0 Å². The monoisotopic (exact) mass is 166 g/mol. The molecule has 1 aliphatic heterocycles. The van der Waals surface area contributed by atoms with Crippen molar-refractivity contribution in [2.75, 3.05) is 0 Å². The van der Waals surface area contributed by atoms with Crippen LogP contribution in [-0.4, -0.2) is 24.4 Å². The van der Waals surface area contributed by atoms with Crippen LogP contribution in [0.1, 0.15) is 25.7 Å². The quantitative estimate of drug-likeness (QED) is 0.459. The fraction of sp³-hybridized carbons (Fsp3) is 0.800. The van der Waals surface area contributed by atoms with Crippen LogP contribution in [0, 0.1) is 0 Å². The molecule has 1 saturated carbocycles. The van der Waals surface area contributed by atoms with E-state index in [1.165, 1.54) is 25.7 Å². The number of ether oxygens (including phenoxy) is 2. The Morgan fingerprint density at radius 3 is 2.83 bits per heavy atom. The molecule has 4 unspecified atom stereocenters. The number of fused-ring (bicyclic) bond motifs is 1. The van der Waals surface area contributed by atoms with Gasteiger partial charge in [0.25, 0.3) is 0 Å². The van der Waals surface area contributed by atoms with Gasteiger partial charge in [0.05, 0.1) is 18.3 Å². The molecule has 4 atom stereocenters. The fourth-order valence-electron chi connectivity index (χ4n) is 2.30. The highest BCUT2D eigenvalue weighted by molar-refractivity contribution is 5.02. The van der Waals surface area contributed by atoms with Crippen molar-refractivity contribution in [3.63, 3.8) is 0 Å². The van der Waals surface area contributed by atoms with Gasteiger partial charge in [0.2, 0.25) is 0 Å². The maximum atomic E-state index is 5.91. The first kappa shape index (κ1) is 7.10. The number of hydrogen-bond donors (Lipinski definition) is 0. The number of allylic oxidation sites excluding steroid dienone is 1. The first-order chi connectivity index (χ1) is 5.93. The number of hydrogen-bond acceptors (Lipinski definition) is 2. The van der Waals surface area contributed by atoms with Crippen molar-refractivity contribution >= 4 is 0 Å². The zero-order valence-corrected chi connectivity index (χ0v) is 7.11. The second-order valence-electron chi connectivity index (χ2n) is 3.93. The second-order valence-corrected chi connectivity index (χ2v) is 3.93. The lowest BCUT2D eigenvalue weighted by Gasteiger charge is -2.16. The topological polar surface area (TPSA) is 21.8 Å². The van der Waals surface area contributed by atoms with Gasteiger partial charge in [0.1, 0.15) is 6.10 Å². The highest BCUT2D eigenvalue weighted by Crippen LogP contribution is 2.41. The SMILES string of the molecule is C1=CC(OC2CCC3OC23)CC1. The summed E-state index contributed by atoms with van der Waals surface area (Å²) in [6.45, 7) is 0. The van der Waals surface area contributed by atoms with Gasteiger partial charge in [-0.25, -0.2) is 0 Å². The van der Waals surface area contributed by atoms with Crippen molar-refractivity contribution in [3.05, 3.63) is 12.2 Å². The van der Waals surface area contributed by atoms with Crippen LogP contribution in [-0.2, 0) is 9.47 Å². The van der Waals surface area contributed by atoms with Crippen molar-refractivity contribution in [3.8, 4) is 0 Å². The highest BCUT2D eigenvalue weighted by atomic mass is 16.6. The lowest BCUT2D eigenvalue weighted by Crippen LogP contribution is -2.21. The Hall–Kier alpha value is -0.340. The smallest absolute Gasteiger partial charge is 0.110 e. The highest BCUT2D eigenvalue weighted by Gasteiger charge is 2.51. The molecule has 2 aliphatic carbocycles. The fourth-order valence-corrected chi connectivity index (χ4v) is 2.30. The minimum atomic E-state index is 0.387. The largest absolute Gasteiger partial charge is 0.368 e. The minimum Gasteiger partial charge on any atom is -0.368 e. The minimum absolute atomic E-state index is 0.387. The molecule has 0 spiro atoms. The van der Waals surface area contributed by atoms with E-state index in [0.29, 0.717) is 24.4 Å². The summed E-state index contributed by atoms with van der Waals surface area (Å²) in [6.07, 6.45) is 11.0. The molecule has 3 rings (SSSR count). The Morgan fingerprint density at radius 1 is 1.25 bits per heavy atom. The summed E-state index contributed by atoms with van der Waals surface area (Å²) < 4.78 is 11.3. The molecule has 1 heterocycles. The third kappa shape index (κ3) is 1.10. The van der Waals surface area contributed by atoms with Crippen molar-refractivity contribution in [1.29, 1.82) is 0 Å². The Bertz CT molecular complexity index is 212. The Labute approximate surface area is 72.5 Å². The Kier molecular flexibility index (Phi) is 1.52. The van der Waals surface area contributed by atoms with Crippen molar-refractivity contribution < 1.29 is 9.47 Å². The van der Waals surface area contributed by atoms with E-state index in [1.807, 2.05) is 0 Å². The lowest BCUT2D eigenvalue weighted by atomic mass is 10.2. The molecular weight excluding hydrogens is 152 g/mol. The summed E-state index contributed by atoms with van der Waals surface area (Å²) in [5.74, 6) is 0. The van der Waals surface area contributed by atoms with Crippen molar-refractivity contribution in [1.82, 2.24) is 0 Å². The van der Waals surface area contributed by atoms with Gasteiger partial charge in [-0.3, -0.25) is 0 Å². The number of epoxide rings is 1. The molecule has 2 heteroatoms. The van der Waals surface area contributed by atoms with Crippen molar-refractivity contribution in [2.45, 2.75) is 50.1 Å². The van der Waals surface area contributed by atoms with E-state index < -0.39 is 0 Å². The lowest BCUT2D eigenvalue weighted by molar-refractivity contribution is -0.00662. The third-order valence-corrected chi connectivity index (χ3v) is 3.04. The summed E-state index contributed by atoms with van der Waals surface area (Å²) in [5.41, 5.74) is 0. The summed E-state index contributed by atoms with van der Waals surface area (Å²) in [7, 11) is 0. The molecule has 0 N–H and O–H groups in total. The molecular formula is C10H14O2. The van der Waals surface area contributed by atoms with Gasteiger partial charge >= 0.3 is 0 Å². The van der Waals surface area contributed by atoms with Crippen LogP contribution in [0.15, 0.2) is 12.2 Å². The van der Waals surface area contributed by atoms with E-state index in [0.717, 1.165) is 0 Å². The van der Waals surface area contributed by atoms with Crippen molar-refractivity contribution in [2.24, 2.45) is 0 Å². The molecule has 0 radical (unpaired) electrons. The summed E-state index contributed by atoms with van der Waals surface area (Å²) in [4.78, 5) is 0. The zero-order valence-electron chi connectivity index (χ0n) is 7.11. The predicted octanol–water partition coefficient (Wildman–Crippen LogP) is 1.65. The standard InChI is InChI=1S/C10H14O2/c1-2-4-7(3-1)11-8-5-6-9-10(8)12-9/h1,3,7-10H,2,4-6H2. The van der Waals surface area contributed by atoms with Gasteiger partial charge < -0.3 is 9.47 Å². The van der Waals surface area contributed by atoms with E-state index in [2.05, 4.69) is 12.2 Å². The third-order valence-electron chi connectivity index (χ3n) is 3.04. The maximum absolute atomic E-state index is 5.91. The molecule has 0 aromatic heterocycles. The molecule has 0 amide bonds. The zero-order chi connectivity index (χ0) is 7.97. The molecule has 1 saturated heterocycles. The van der Waals surface area contributed by atoms with E-state index >= 15 is 0 Å². The van der Waals surface area contributed by atoms with E-state index in [9.17, 15) is 0 Å². The molecule has 0 bridgehead atoms. The van der Waals surface area contributed by atoms with Gasteiger partial charge in [-0.2, -0.15) is 0 Å². The predicted molar refractivity (Wildman–Crippen MR) is 44.9 cm³/mol. The molecule has 2 fully saturated rings. The van der Waals surface area contributed by atoms with Gasteiger partial charge in [0.15, 0.2) is 0 Å². The van der Waals surface area contributed by atoms with Gasteiger partial charge in [-0.15, -0.1) is 0 Å². The van der Waals surface area contributed by atoms with Crippen LogP contribution in [0.2, 0.25) is 0 Å². The average molecular weight is 166 g/mol. The second kappa shape index (κ2) is 2.57. The Balaban J connectivity index is 1.57. The molecule has 2 nitrogen and oxygen atoms in total. The van der Waals surface area contributed by atoms with Crippen LogP contribution < -0.4 is 0 Å². The Morgan fingerprint density at radius 2 is 2.25 bits per heavy atom. The average Bonchev–Trinajstić information content (AvgIpc) is 2.54. The first-order valence-electron chi connectivity index (χ1n) is 4.91. The van der Waals surface area contributed by atoms with Crippen LogP contribution >= 0.6 is 0 Å². The summed E-state index contributed by atoms with van der Waals surface area (Å²) in [6, 6.07) is 0. The van der Waals surface area contributed by atoms with Crippen LogP contribution in [0.25, 0.3) is 0 Å². The van der Waals surface area contributed by atoms with Crippen LogP contribution in [0.3, 0.4) is 0 Å². The van der Waals surface area contributed by atoms with E-state index in [-0.39, 0.29) is 0 Å². The van der Waals surface area contributed by atoms with E-state index in [4.69, 9.17) is 9.47 Å². The molecule has 0 aromatic carbocycles. The maximum Gasteiger partial charge on any atom is 0.110 e. The van der Waals surface area contributed by atoms with Gasteiger partial charge in [0, 0.05) is 0 Å².